The average molecular weight is 387 g/mol. The fourth-order valence-corrected chi connectivity index (χ4v) is 3.14. The molecule has 0 bridgehead atoms. The number of pyridine rings is 1. The fourth-order valence-electron chi connectivity index (χ4n) is 3.14. The third-order valence-electron chi connectivity index (χ3n) is 4.33. The van der Waals surface area contributed by atoms with E-state index in [9.17, 15) is 9.59 Å². The van der Waals surface area contributed by atoms with Crippen molar-refractivity contribution in [2.24, 2.45) is 0 Å². The van der Waals surface area contributed by atoms with E-state index in [1.807, 2.05) is 26.8 Å². The minimum atomic E-state index is -0.601. The summed E-state index contributed by atoms with van der Waals surface area (Å²) in [6, 6.07) is 1.90. The third kappa shape index (κ3) is 4.47. The molecular weight excluding hydrogens is 362 g/mol. The summed E-state index contributed by atoms with van der Waals surface area (Å²) in [7, 11) is 0. The Hall–Kier alpha value is -2.97. The maximum absolute atomic E-state index is 12.7. The summed E-state index contributed by atoms with van der Waals surface area (Å²) < 4.78 is 12.3. The molecule has 1 amide bonds. The molecule has 0 saturated carbocycles. The predicted molar refractivity (Wildman–Crippen MR) is 101 cm³/mol. The number of amides is 1. The van der Waals surface area contributed by atoms with Gasteiger partial charge in [0.25, 0.3) is 0 Å². The van der Waals surface area contributed by atoms with E-state index in [0.717, 1.165) is 5.56 Å². The summed E-state index contributed by atoms with van der Waals surface area (Å²) in [6.07, 6.45) is 5.19. The van der Waals surface area contributed by atoms with Crippen LogP contribution in [0.1, 0.15) is 52.0 Å². The zero-order valence-electron chi connectivity index (χ0n) is 16.6. The van der Waals surface area contributed by atoms with Crippen LogP contribution in [0.2, 0.25) is 0 Å². The maximum atomic E-state index is 12.7. The molecule has 0 spiro atoms. The van der Waals surface area contributed by atoms with Crippen LogP contribution in [0.5, 0.6) is 0 Å². The van der Waals surface area contributed by atoms with Crippen LogP contribution >= 0.6 is 0 Å². The summed E-state index contributed by atoms with van der Waals surface area (Å²) in [5, 5.41) is 7.60. The van der Waals surface area contributed by atoms with Crippen LogP contribution in [0.3, 0.4) is 0 Å². The number of hydrogen-bond donors (Lipinski definition) is 0. The number of anilines is 1. The second-order valence-electron chi connectivity index (χ2n) is 7.60. The lowest BCUT2D eigenvalue weighted by atomic mass is 9.97. The van der Waals surface area contributed by atoms with Crippen LogP contribution in [0, 0.1) is 0 Å². The number of ether oxygens (including phenoxy) is 2. The lowest BCUT2D eigenvalue weighted by Gasteiger charge is -2.25. The highest BCUT2D eigenvalue weighted by atomic mass is 16.6. The largest absolute Gasteiger partial charge is 0.466 e. The number of aromatic nitrogens is 4. The van der Waals surface area contributed by atoms with Gasteiger partial charge >= 0.3 is 12.1 Å². The number of esters is 1. The number of rotatable bonds is 5. The number of carbonyl (C=O) groups is 2. The van der Waals surface area contributed by atoms with Crippen molar-refractivity contribution >= 4 is 17.7 Å². The predicted octanol–water partition coefficient (Wildman–Crippen LogP) is 2.84. The minimum Gasteiger partial charge on any atom is -0.466 e. The second kappa shape index (κ2) is 7.95. The molecule has 0 aromatic carbocycles. The first-order valence-electron chi connectivity index (χ1n) is 9.29. The first kappa shape index (κ1) is 19.8. The molecular formula is C19H25N5O4. The van der Waals surface area contributed by atoms with Gasteiger partial charge in [-0.15, -0.1) is 10.2 Å². The van der Waals surface area contributed by atoms with Crippen molar-refractivity contribution in [1.29, 1.82) is 0 Å². The first-order chi connectivity index (χ1) is 13.3. The molecule has 3 rings (SSSR count). The Morgan fingerprint density at radius 2 is 1.96 bits per heavy atom. The molecule has 1 atom stereocenters. The van der Waals surface area contributed by atoms with Gasteiger partial charge in [0.1, 0.15) is 24.1 Å². The van der Waals surface area contributed by atoms with E-state index in [-0.39, 0.29) is 18.3 Å². The van der Waals surface area contributed by atoms with Gasteiger partial charge in [0.2, 0.25) is 0 Å². The molecule has 3 heterocycles. The van der Waals surface area contributed by atoms with Crippen molar-refractivity contribution in [3.05, 3.63) is 30.5 Å². The Morgan fingerprint density at radius 1 is 1.25 bits per heavy atom. The first-order valence-corrected chi connectivity index (χ1v) is 9.29. The van der Waals surface area contributed by atoms with E-state index < -0.39 is 11.7 Å². The van der Waals surface area contributed by atoms with Gasteiger partial charge < -0.3 is 9.47 Å². The zero-order chi connectivity index (χ0) is 20.3. The van der Waals surface area contributed by atoms with Crippen molar-refractivity contribution in [2.75, 3.05) is 18.1 Å². The number of fused-ring (bicyclic) bond motifs is 1. The molecule has 0 radical (unpaired) electrons. The molecule has 0 fully saturated rings. The average Bonchev–Trinajstić information content (AvgIpc) is 3.26. The van der Waals surface area contributed by atoms with E-state index in [1.165, 1.54) is 0 Å². The molecule has 9 nitrogen and oxygen atoms in total. The Labute approximate surface area is 163 Å². The standard InChI is InChI=1S/C19H25N5O4/c1-5-27-17(25)7-6-13-10-24(18(26)28-19(2,3)4)15-9-20-16(8-14(13)15)23-11-21-22-12-23/h8-9,11-13H,5-7,10H2,1-4H3. The molecule has 2 aromatic rings. The lowest BCUT2D eigenvalue weighted by molar-refractivity contribution is -0.143. The molecule has 0 aliphatic carbocycles. The zero-order valence-corrected chi connectivity index (χ0v) is 16.6. The Bertz CT molecular complexity index is 845. The second-order valence-corrected chi connectivity index (χ2v) is 7.60. The highest BCUT2D eigenvalue weighted by Gasteiger charge is 2.35. The van der Waals surface area contributed by atoms with Crippen LogP contribution in [0.15, 0.2) is 24.9 Å². The van der Waals surface area contributed by atoms with E-state index in [0.29, 0.717) is 31.1 Å². The van der Waals surface area contributed by atoms with E-state index in [2.05, 4.69) is 15.2 Å². The van der Waals surface area contributed by atoms with Crippen molar-refractivity contribution in [3.8, 4) is 5.82 Å². The molecule has 150 valence electrons. The molecule has 1 aliphatic heterocycles. The molecule has 28 heavy (non-hydrogen) atoms. The van der Waals surface area contributed by atoms with Gasteiger partial charge in [-0.3, -0.25) is 14.3 Å². The summed E-state index contributed by atoms with van der Waals surface area (Å²) in [4.78, 5) is 30.5. The summed E-state index contributed by atoms with van der Waals surface area (Å²) >= 11 is 0. The van der Waals surface area contributed by atoms with Crippen molar-refractivity contribution in [2.45, 2.75) is 52.1 Å². The van der Waals surface area contributed by atoms with Crippen LogP contribution in [-0.2, 0) is 14.3 Å². The van der Waals surface area contributed by atoms with Crippen molar-refractivity contribution < 1.29 is 19.1 Å². The lowest BCUT2D eigenvalue weighted by Crippen LogP contribution is -2.36. The smallest absolute Gasteiger partial charge is 0.414 e. The molecule has 1 unspecified atom stereocenters. The highest BCUT2D eigenvalue weighted by molar-refractivity contribution is 5.91. The number of hydrogen-bond acceptors (Lipinski definition) is 7. The van der Waals surface area contributed by atoms with Crippen molar-refractivity contribution in [3.63, 3.8) is 0 Å². The van der Waals surface area contributed by atoms with Crippen LogP contribution in [-0.4, -0.2) is 50.6 Å². The van der Waals surface area contributed by atoms with E-state index >= 15 is 0 Å². The van der Waals surface area contributed by atoms with Crippen molar-refractivity contribution in [1.82, 2.24) is 19.7 Å². The third-order valence-corrected chi connectivity index (χ3v) is 4.33. The van der Waals surface area contributed by atoms with Gasteiger partial charge in [-0.05, 0) is 45.7 Å². The quantitative estimate of drug-likeness (QED) is 0.727. The van der Waals surface area contributed by atoms with Crippen LogP contribution in [0.4, 0.5) is 10.5 Å². The molecule has 0 saturated heterocycles. The minimum absolute atomic E-state index is 0.0230. The van der Waals surface area contributed by atoms with Gasteiger partial charge in [-0.2, -0.15) is 0 Å². The van der Waals surface area contributed by atoms with Crippen LogP contribution in [0.25, 0.3) is 5.82 Å². The van der Waals surface area contributed by atoms with E-state index in [4.69, 9.17) is 9.47 Å². The van der Waals surface area contributed by atoms with E-state index in [1.54, 1.807) is 35.2 Å². The Kier molecular flexibility index (Phi) is 5.62. The van der Waals surface area contributed by atoms with Gasteiger partial charge in [0.05, 0.1) is 18.5 Å². The van der Waals surface area contributed by atoms with Gasteiger partial charge in [-0.1, -0.05) is 0 Å². The topological polar surface area (TPSA) is 99.4 Å². The Balaban J connectivity index is 1.87. The Morgan fingerprint density at radius 3 is 2.61 bits per heavy atom. The number of carbonyl (C=O) groups excluding carboxylic acids is 2. The van der Waals surface area contributed by atoms with Gasteiger partial charge in [-0.25, -0.2) is 9.78 Å². The normalized spacial score (nSPS) is 16.0. The van der Waals surface area contributed by atoms with Crippen LogP contribution < -0.4 is 4.90 Å². The summed E-state index contributed by atoms with van der Waals surface area (Å²) in [5.41, 5.74) is 1.03. The number of nitrogens with zero attached hydrogens (tertiary/aromatic N) is 5. The SMILES string of the molecule is CCOC(=O)CCC1CN(C(=O)OC(C)(C)C)c2cnc(-n3cnnc3)cc21. The van der Waals surface area contributed by atoms with Gasteiger partial charge in [0, 0.05) is 18.9 Å². The molecule has 2 aromatic heterocycles. The fraction of sp³-hybridized carbons (Fsp3) is 0.526. The monoisotopic (exact) mass is 387 g/mol. The summed E-state index contributed by atoms with van der Waals surface area (Å²) in [5.74, 6) is 0.383. The molecule has 1 aliphatic rings. The molecule has 9 heteroatoms. The molecule has 0 N–H and O–H groups in total. The summed E-state index contributed by atoms with van der Waals surface area (Å²) in [6.45, 7) is 8.04. The highest BCUT2D eigenvalue weighted by Crippen LogP contribution is 2.40. The maximum Gasteiger partial charge on any atom is 0.414 e. The van der Waals surface area contributed by atoms with Gasteiger partial charge in [0.15, 0.2) is 0 Å².